The summed E-state index contributed by atoms with van der Waals surface area (Å²) < 4.78 is 12.5. The predicted molar refractivity (Wildman–Crippen MR) is 63.9 cm³/mol. The number of hydrogen-bond acceptors (Lipinski definition) is 5. The Hall–Kier alpha value is -1.69. The van der Waals surface area contributed by atoms with Crippen molar-refractivity contribution < 1.29 is 9.26 Å². The number of ether oxygens (including phenoxy) is 1. The Morgan fingerprint density at radius 2 is 2.11 bits per heavy atom. The second-order valence-electron chi connectivity index (χ2n) is 5.00. The van der Waals surface area contributed by atoms with E-state index in [0.29, 0.717) is 11.7 Å². The summed E-state index contributed by atoms with van der Waals surface area (Å²) in [4.78, 5) is 4.50. The van der Waals surface area contributed by atoms with Gasteiger partial charge in [0.2, 0.25) is 11.7 Å². The minimum Gasteiger partial charge on any atom is -0.381 e. The van der Waals surface area contributed by atoms with Crippen molar-refractivity contribution in [1.29, 1.82) is 0 Å². The molecule has 3 heterocycles. The maximum absolute atomic E-state index is 5.42. The number of hydrogen-bond donors (Lipinski definition) is 0. The molecule has 2 aromatic rings. The molecule has 0 N–H and O–H groups in total. The van der Waals surface area contributed by atoms with E-state index < -0.39 is 0 Å². The van der Waals surface area contributed by atoms with Crippen LogP contribution in [-0.2, 0) is 17.2 Å². The first kappa shape index (κ1) is 11.4. The third kappa shape index (κ3) is 1.92. The van der Waals surface area contributed by atoms with E-state index in [2.05, 4.69) is 22.2 Å². The summed E-state index contributed by atoms with van der Waals surface area (Å²) in [6.45, 7) is 3.65. The molecule has 0 unspecified atom stereocenters. The molecule has 0 radical (unpaired) electrons. The molecule has 3 rings (SSSR count). The highest BCUT2D eigenvalue weighted by Crippen LogP contribution is 2.33. The van der Waals surface area contributed by atoms with Gasteiger partial charge in [-0.05, 0) is 12.8 Å². The van der Waals surface area contributed by atoms with E-state index in [1.165, 1.54) is 0 Å². The minimum atomic E-state index is -0.0638. The molecule has 0 amide bonds. The van der Waals surface area contributed by atoms with Crippen LogP contribution in [0.1, 0.15) is 25.7 Å². The van der Waals surface area contributed by atoms with Gasteiger partial charge in [-0.1, -0.05) is 12.1 Å². The van der Waals surface area contributed by atoms with Gasteiger partial charge in [0.25, 0.3) is 0 Å². The van der Waals surface area contributed by atoms with Crippen LogP contribution in [-0.4, -0.2) is 33.1 Å². The summed E-state index contributed by atoms with van der Waals surface area (Å²) in [7, 11) is 1.87. The molecule has 2 aromatic heterocycles. The quantitative estimate of drug-likeness (QED) is 0.806. The lowest BCUT2D eigenvalue weighted by atomic mass is 9.82. The first-order valence-electron chi connectivity index (χ1n) is 6.08. The van der Waals surface area contributed by atoms with E-state index in [1.807, 2.05) is 13.2 Å². The summed E-state index contributed by atoms with van der Waals surface area (Å²) in [6, 6.07) is 0. The third-order valence-electron chi connectivity index (χ3n) is 3.50. The first-order chi connectivity index (χ1) is 8.67. The highest BCUT2D eigenvalue weighted by Gasteiger charge is 2.35. The molecule has 0 aliphatic carbocycles. The zero-order valence-electron chi connectivity index (χ0n) is 10.6. The molecule has 0 spiro atoms. The summed E-state index contributed by atoms with van der Waals surface area (Å²) in [6.07, 6.45) is 5.45. The topological polar surface area (TPSA) is 66.0 Å². The van der Waals surface area contributed by atoms with E-state index in [4.69, 9.17) is 9.26 Å². The standard InChI is InChI=1S/C12H16N4O2/c1-12(3-5-17-6-4-12)11-14-10(15-18-11)9-7-13-16(2)8-9/h7-8H,3-6H2,1-2H3. The van der Waals surface area contributed by atoms with Crippen LogP contribution in [0.25, 0.3) is 11.4 Å². The van der Waals surface area contributed by atoms with Gasteiger partial charge in [-0.25, -0.2) is 0 Å². The Bertz CT molecular complexity index is 540. The molecule has 6 heteroatoms. The molecule has 0 saturated carbocycles. The lowest BCUT2D eigenvalue weighted by Gasteiger charge is -2.29. The molecule has 1 fully saturated rings. The average molecular weight is 248 g/mol. The molecule has 0 aromatic carbocycles. The van der Waals surface area contributed by atoms with Crippen LogP contribution in [0, 0.1) is 0 Å². The SMILES string of the molecule is Cn1cc(-c2noc(C3(C)CCOCC3)n2)cn1. The molecule has 0 atom stereocenters. The van der Waals surface area contributed by atoms with E-state index in [0.717, 1.165) is 31.6 Å². The lowest BCUT2D eigenvalue weighted by Crippen LogP contribution is -2.30. The zero-order valence-corrected chi connectivity index (χ0v) is 10.6. The van der Waals surface area contributed by atoms with E-state index in [9.17, 15) is 0 Å². The van der Waals surface area contributed by atoms with Gasteiger partial charge < -0.3 is 9.26 Å². The second kappa shape index (κ2) is 4.20. The van der Waals surface area contributed by atoms with Gasteiger partial charge in [0.1, 0.15) is 0 Å². The van der Waals surface area contributed by atoms with Gasteiger partial charge in [0.05, 0.1) is 17.2 Å². The number of rotatable bonds is 2. The molecule has 6 nitrogen and oxygen atoms in total. The summed E-state index contributed by atoms with van der Waals surface area (Å²) in [5, 5.41) is 8.15. The Balaban J connectivity index is 1.89. The minimum absolute atomic E-state index is 0.0638. The van der Waals surface area contributed by atoms with Crippen LogP contribution >= 0.6 is 0 Å². The fourth-order valence-corrected chi connectivity index (χ4v) is 2.16. The van der Waals surface area contributed by atoms with Crippen molar-refractivity contribution in [2.75, 3.05) is 13.2 Å². The fraction of sp³-hybridized carbons (Fsp3) is 0.583. The summed E-state index contributed by atoms with van der Waals surface area (Å²) in [5.41, 5.74) is 0.814. The number of aromatic nitrogens is 4. The van der Waals surface area contributed by atoms with Crippen LogP contribution in [0.15, 0.2) is 16.9 Å². The molecule has 1 saturated heterocycles. The predicted octanol–water partition coefficient (Wildman–Crippen LogP) is 1.54. The monoisotopic (exact) mass is 248 g/mol. The molecule has 1 aliphatic heterocycles. The lowest BCUT2D eigenvalue weighted by molar-refractivity contribution is 0.0447. The first-order valence-corrected chi connectivity index (χ1v) is 6.08. The Labute approximate surface area is 105 Å². The van der Waals surface area contributed by atoms with E-state index in [-0.39, 0.29) is 5.41 Å². The van der Waals surface area contributed by atoms with Gasteiger partial charge in [-0.15, -0.1) is 0 Å². The molecular formula is C12H16N4O2. The van der Waals surface area contributed by atoms with E-state index >= 15 is 0 Å². The smallest absolute Gasteiger partial charge is 0.233 e. The summed E-state index contributed by atoms with van der Waals surface area (Å²) >= 11 is 0. The summed E-state index contributed by atoms with van der Waals surface area (Å²) in [5.74, 6) is 1.30. The Morgan fingerprint density at radius 1 is 1.33 bits per heavy atom. The van der Waals surface area contributed by atoms with Gasteiger partial charge in [-0.2, -0.15) is 10.1 Å². The molecule has 1 aliphatic rings. The van der Waals surface area contributed by atoms with Crippen LogP contribution in [0.3, 0.4) is 0 Å². The number of aryl methyl sites for hydroxylation is 1. The Morgan fingerprint density at radius 3 is 2.78 bits per heavy atom. The van der Waals surface area contributed by atoms with Crippen molar-refractivity contribution in [3.8, 4) is 11.4 Å². The average Bonchev–Trinajstić information content (AvgIpc) is 2.98. The third-order valence-corrected chi connectivity index (χ3v) is 3.50. The van der Waals surface area contributed by atoms with Crippen molar-refractivity contribution in [1.82, 2.24) is 19.9 Å². The van der Waals surface area contributed by atoms with Crippen molar-refractivity contribution in [2.24, 2.45) is 7.05 Å². The Kier molecular flexibility index (Phi) is 2.66. The van der Waals surface area contributed by atoms with Crippen molar-refractivity contribution in [3.63, 3.8) is 0 Å². The molecule has 0 bridgehead atoms. The van der Waals surface area contributed by atoms with Crippen molar-refractivity contribution >= 4 is 0 Å². The van der Waals surface area contributed by atoms with Crippen molar-refractivity contribution in [3.05, 3.63) is 18.3 Å². The van der Waals surface area contributed by atoms with Gasteiger partial charge in [0, 0.05) is 26.5 Å². The van der Waals surface area contributed by atoms with Crippen LogP contribution in [0.2, 0.25) is 0 Å². The van der Waals surface area contributed by atoms with Crippen LogP contribution in [0.5, 0.6) is 0 Å². The second-order valence-corrected chi connectivity index (χ2v) is 5.00. The molecule has 96 valence electrons. The maximum atomic E-state index is 5.42. The van der Waals surface area contributed by atoms with Crippen LogP contribution in [0.4, 0.5) is 0 Å². The van der Waals surface area contributed by atoms with E-state index in [1.54, 1.807) is 10.9 Å². The van der Waals surface area contributed by atoms with Gasteiger partial charge >= 0.3 is 0 Å². The zero-order chi connectivity index (χ0) is 12.6. The molecule has 18 heavy (non-hydrogen) atoms. The van der Waals surface area contributed by atoms with Gasteiger partial charge in [0.15, 0.2) is 0 Å². The van der Waals surface area contributed by atoms with Crippen molar-refractivity contribution in [2.45, 2.75) is 25.2 Å². The highest BCUT2D eigenvalue weighted by molar-refractivity contribution is 5.51. The fourth-order valence-electron chi connectivity index (χ4n) is 2.16. The molecular weight excluding hydrogens is 232 g/mol. The highest BCUT2D eigenvalue weighted by atomic mass is 16.5. The maximum Gasteiger partial charge on any atom is 0.233 e. The largest absolute Gasteiger partial charge is 0.381 e. The van der Waals surface area contributed by atoms with Gasteiger partial charge in [-0.3, -0.25) is 4.68 Å². The number of nitrogens with zero attached hydrogens (tertiary/aromatic N) is 4. The van der Waals surface area contributed by atoms with Crippen LogP contribution < -0.4 is 0 Å². The normalized spacial score (nSPS) is 19.0.